The molecule has 0 radical (unpaired) electrons. The second kappa shape index (κ2) is 4.79. The summed E-state index contributed by atoms with van der Waals surface area (Å²) in [6, 6.07) is 0. The minimum atomic E-state index is 0.396. The Bertz CT molecular complexity index is 535. The summed E-state index contributed by atoms with van der Waals surface area (Å²) in [5.74, 6) is 0. The van der Waals surface area contributed by atoms with E-state index in [1.165, 1.54) is 0 Å². The first-order valence-electron chi connectivity index (χ1n) is 5.53. The van der Waals surface area contributed by atoms with Crippen molar-refractivity contribution in [3.05, 3.63) is 22.7 Å². The Hall–Kier alpha value is -1.49. The average Bonchev–Trinajstić information content (AvgIpc) is 2.72. The van der Waals surface area contributed by atoms with Crippen LogP contribution in [0.2, 0.25) is 5.15 Å². The first kappa shape index (κ1) is 12.0. The normalized spacial score (nSPS) is 10.8. The summed E-state index contributed by atoms with van der Waals surface area (Å²) in [6.45, 7) is 6.68. The van der Waals surface area contributed by atoms with Crippen molar-refractivity contribution >= 4 is 11.6 Å². The molecule has 5 nitrogen and oxygen atoms in total. The molecule has 0 unspecified atom stereocenters. The van der Waals surface area contributed by atoms with Crippen molar-refractivity contribution in [1.82, 2.24) is 25.0 Å². The molecular formula is C11H14ClN5. The molecule has 0 bridgehead atoms. The van der Waals surface area contributed by atoms with E-state index in [1.54, 1.807) is 10.9 Å². The molecule has 2 heterocycles. The predicted molar refractivity (Wildman–Crippen MR) is 65.8 cm³/mol. The summed E-state index contributed by atoms with van der Waals surface area (Å²) < 4.78 is 1.80. The van der Waals surface area contributed by atoms with Gasteiger partial charge in [-0.1, -0.05) is 23.7 Å². The van der Waals surface area contributed by atoms with E-state index in [4.69, 9.17) is 11.6 Å². The molecule has 6 heteroatoms. The maximum atomic E-state index is 6.12. The number of rotatable bonds is 3. The van der Waals surface area contributed by atoms with Crippen molar-refractivity contribution in [3.63, 3.8) is 0 Å². The lowest BCUT2D eigenvalue weighted by Gasteiger charge is -2.07. The molecule has 0 fully saturated rings. The molecule has 17 heavy (non-hydrogen) atoms. The van der Waals surface area contributed by atoms with Crippen molar-refractivity contribution in [1.29, 1.82) is 0 Å². The topological polar surface area (TPSA) is 56.5 Å². The second-order valence-electron chi connectivity index (χ2n) is 3.88. The lowest BCUT2D eigenvalue weighted by molar-refractivity contribution is 0.583. The van der Waals surface area contributed by atoms with Crippen LogP contribution in [0, 0.1) is 13.8 Å². The maximum absolute atomic E-state index is 6.12. The predicted octanol–water partition coefficient (Wildman–Crippen LogP) is 2.42. The first-order chi connectivity index (χ1) is 8.13. The van der Waals surface area contributed by atoms with Crippen molar-refractivity contribution in [2.75, 3.05) is 0 Å². The number of aryl methyl sites for hydroxylation is 3. The van der Waals surface area contributed by atoms with Crippen LogP contribution in [0.4, 0.5) is 0 Å². The van der Waals surface area contributed by atoms with Crippen LogP contribution in [0.25, 0.3) is 11.4 Å². The third-order valence-electron chi connectivity index (χ3n) is 2.56. The fraction of sp³-hybridized carbons (Fsp3) is 0.455. The standard InChI is InChI=1S/C11H14ClN5/c1-4-5-17-9(6-13-16-17)10-11(12)15-8(3)7(2)14-10/h6H,4-5H2,1-3H3. The van der Waals surface area contributed by atoms with Gasteiger partial charge in [0.25, 0.3) is 0 Å². The minimum Gasteiger partial charge on any atom is -0.246 e. The number of hydrogen-bond acceptors (Lipinski definition) is 4. The Balaban J connectivity index is 2.52. The van der Waals surface area contributed by atoms with Crippen molar-refractivity contribution in [2.24, 2.45) is 0 Å². The molecule has 0 saturated heterocycles. The first-order valence-corrected chi connectivity index (χ1v) is 5.91. The van der Waals surface area contributed by atoms with Gasteiger partial charge in [-0.05, 0) is 20.3 Å². The Morgan fingerprint density at radius 1 is 1.24 bits per heavy atom. The molecule has 0 aliphatic heterocycles. The maximum Gasteiger partial charge on any atom is 0.157 e. The third kappa shape index (κ3) is 2.29. The van der Waals surface area contributed by atoms with Gasteiger partial charge in [0.2, 0.25) is 0 Å². The molecule has 2 aromatic heterocycles. The summed E-state index contributed by atoms with van der Waals surface area (Å²) in [6.07, 6.45) is 2.65. The van der Waals surface area contributed by atoms with Gasteiger partial charge >= 0.3 is 0 Å². The van der Waals surface area contributed by atoms with Gasteiger partial charge in [-0.15, -0.1) is 5.10 Å². The Kier molecular flexibility index (Phi) is 3.38. The second-order valence-corrected chi connectivity index (χ2v) is 4.23. The van der Waals surface area contributed by atoms with E-state index in [0.717, 1.165) is 30.0 Å². The van der Waals surface area contributed by atoms with E-state index >= 15 is 0 Å². The molecule has 0 spiro atoms. The molecule has 0 aromatic carbocycles. The quantitative estimate of drug-likeness (QED) is 0.841. The van der Waals surface area contributed by atoms with E-state index in [-0.39, 0.29) is 0 Å². The fourth-order valence-electron chi connectivity index (χ4n) is 1.56. The molecule has 0 saturated carbocycles. The zero-order valence-corrected chi connectivity index (χ0v) is 10.9. The van der Waals surface area contributed by atoms with Crippen LogP contribution in [0.1, 0.15) is 24.7 Å². The minimum absolute atomic E-state index is 0.396. The van der Waals surface area contributed by atoms with E-state index in [2.05, 4.69) is 27.2 Å². The van der Waals surface area contributed by atoms with Crippen LogP contribution < -0.4 is 0 Å². The fourth-order valence-corrected chi connectivity index (χ4v) is 1.82. The number of hydrogen-bond donors (Lipinski definition) is 0. The number of aromatic nitrogens is 5. The molecule has 90 valence electrons. The van der Waals surface area contributed by atoms with Gasteiger partial charge in [0, 0.05) is 6.54 Å². The molecule has 0 aliphatic carbocycles. The number of halogens is 1. The molecule has 0 N–H and O–H groups in total. The smallest absolute Gasteiger partial charge is 0.157 e. The van der Waals surface area contributed by atoms with E-state index in [0.29, 0.717) is 10.8 Å². The molecule has 2 aromatic rings. The third-order valence-corrected chi connectivity index (χ3v) is 2.82. The van der Waals surface area contributed by atoms with Gasteiger partial charge in [0.1, 0.15) is 11.4 Å². The van der Waals surface area contributed by atoms with Gasteiger partial charge in [0.15, 0.2) is 5.15 Å². The van der Waals surface area contributed by atoms with E-state index in [9.17, 15) is 0 Å². The van der Waals surface area contributed by atoms with Gasteiger partial charge in [-0.3, -0.25) is 0 Å². The molecule has 0 atom stereocenters. The van der Waals surface area contributed by atoms with Crippen LogP contribution in [-0.4, -0.2) is 25.0 Å². The Morgan fingerprint density at radius 3 is 2.65 bits per heavy atom. The summed E-state index contributed by atoms with van der Waals surface area (Å²) >= 11 is 6.12. The van der Waals surface area contributed by atoms with Gasteiger partial charge in [-0.25, -0.2) is 14.6 Å². The lowest BCUT2D eigenvalue weighted by Crippen LogP contribution is -2.04. The molecule has 0 aliphatic rings. The molecule has 2 rings (SSSR count). The van der Waals surface area contributed by atoms with Crippen LogP contribution in [0.3, 0.4) is 0 Å². The summed E-state index contributed by atoms with van der Waals surface area (Å²) in [5.41, 5.74) is 3.17. The monoisotopic (exact) mass is 251 g/mol. The van der Waals surface area contributed by atoms with Crippen LogP contribution >= 0.6 is 11.6 Å². The van der Waals surface area contributed by atoms with Gasteiger partial charge in [0.05, 0.1) is 17.6 Å². The van der Waals surface area contributed by atoms with E-state index in [1.807, 2.05) is 13.8 Å². The lowest BCUT2D eigenvalue weighted by atomic mass is 10.3. The molecule has 0 amide bonds. The van der Waals surface area contributed by atoms with Gasteiger partial charge < -0.3 is 0 Å². The largest absolute Gasteiger partial charge is 0.246 e. The average molecular weight is 252 g/mol. The zero-order chi connectivity index (χ0) is 12.4. The van der Waals surface area contributed by atoms with Crippen molar-refractivity contribution in [2.45, 2.75) is 33.7 Å². The number of nitrogens with zero attached hydrogens (tertiary/aromatic N) is 5. The summed E-state index contributed by atoms with van der Waals surface area (Å²) in [7, 11) is 0. The SMILES string of the molecule is CCCn1nncc1-c1nc(C)c(C)nc1Cl. The Labute approximate surface area is 105 Å². The van der Waals surface area contributed by atoms with Crippen LogP contribution in [0.15, 0.2) is 6.20 Å². The highest BCUT2D eigenvalue weighted by Gasteiger charge is 2.14. The van der Waals surface area contributed by atoms with Crippen molar-refractivity contribution < 1.29 is 0 Å². The highest BCUT2D eigenvalue weighted by molar-refractivity contribution is 6.31. The molecular weight excluding hydrogens is 238 g/mol. The highest BCUT2D eigenvalue weighted by Crippen LogP contribution is 2.24. The Morgan fingerprint density at radius 2 is 1.94 bits per heavy atom. The van der Waals surface area contributed by atoms with Crippen molar-refractivity contribution in [3.8, 4) is 11.4 Å². The zero-order valence-electron chi connectivity index (χ0n) is 10.1. The highest BCUT2D eigenvalue weighted by atomic mass is 35.5. The van der Waals surface area contributed by atoms with Crippen LogP contribution in [0.5, 0.6) is 0 Å². The summed E-state index contributed by atoms with van der Waals surface area (Å²) in [4.78, 5) is 8.73. The van der Waals surface area contributed by atoms with Crippen LogP contribution in [-0.2, 0) is 6.54 Å². The van der Waals surface area contributed by atoms with Gasteiger partial charge in [-0.2, -0.15) is 0 Å². The summed E-state index contributed by atoms with van der Waals surface area (Å²) in [5, 5.41) is 8.31. The van der Waals surface area contributed by atoms with E-state index < -0.39 is 0 Å².